The van der Waals surface area contributed by atoms with E-state index in [1.54, 1.807) is 6.33 Å². The third kappa shape index (κ3) is 5.54. The van der Waals surface area contributed by atoms with Crippen LogP contribution in [0, 0.1) is 0 Å². The number of benzene rings is 3. The van der Waals surface area contributed by atoms with Crippen LogP contribution in [0.1, 0.15) is 12.5 Å². The van der Waals surface area contributed by atoms with Crippen molar-refractivity contribution in [2.75, 3.05) is 37.7 Å². The van der Waals surface area contributed by atoms with Crippen molar-refractivity contribution in [2.24, 2.45) is 0 Å². The fourth-order valence-electron chi connectivity index (χ4n) is 4.48. The molecule has 2 heterocycles. The van der Waals surface area contributed by atoms with Gasteiger partial charge in [-0.3, -0.25) is 4.79 Å². The number of piperazine rings is 1. The first-order valence-corrected chi connectivity index (χ1v) is 12.4. The van der Waals surface area contributed by atoms with Gasteiger partial charge in [-0.05, 0) is 47.9 Å². The Hall–Kier alpha value is -4.19. The van der Waals surface area contributed by atoms with Crippen molar-refractivity contribution < 1.29 is 9.53 Å². The number of amides is 1. The van der Waals surface area contributed by atoms with Crippen LogP contribution < -0.4 is 9.64 Å². The fourth-order valence-corrected chi connectivity index (χ4v) is 4.48. The van der Waals surface area contributed by atoms with Crippen molar-refractivity contribution >= 4 is 11.7 Å². The Balaban J connectivity index is 1.17. The first kappa shape index (κ1) is 23.5. The molecule has 0 N–H and O–H groups in total. The summed E-state index contributed by atoms with van der Waals surface area (Å²) in [5.41, 5.74) is 5.28. The number of ether oxygens (including phenoxy) is 1. The van der Waals surface area contributed by atoms with Crippen LogP contribution in [0.25, 0.3) is 22.4 Å². The monoisotopic (exact) mass is 478 g/mol. The van der Waals surface area contributed by atoms with Crippen molar-refractivity contribution in [2.45, 2.75) is 13.3 Å². The first-order valence-electron chi connectivity index (χ1n) is 12.4. The fraction of sp³-hybridized carbons (Fsp3) is 0.233. The van der Waals surface area contributed by atoms with E-state index >= 15 is 0 Å². The van der Waals surface area contributed by atoms with Crippen molar-refractivity contribution in [1.29, 1.82) is 0 Å². The summed E-state index contributed by atoms with van der Waals surface area (Å²) >= 11 is 0. The summed E-state index contributed by atoms with van der Waals surface area (Å²) in [4.78, 5) is 26.1. The molecule has 1 aliphatic heterocycles. The number of carbonyl (C=O) groups is 1. The second kappa shape index (κ2) is 11.0. The van der Waals surface area contributed by atoms with E-state index in [1.807, 2.05) is 60.4 Å². The standard InChI is InChI=1S/C30H30N4O2/c1-2-36-27-14-12-26(13-15-27)28-21-29(32-22-31-28)33-16-18-34(19-17-33)30(35)20-23-8-10-25(11-9-23)24-6-4-3-5-7-24/h3-15,21-22H,2,16-20H2,1H3. The minimum atomic E-state index is 0.167. The number of hydrogen-bond acceptors (Lipinski definition) is 5. The van der Waals surface area contributed by atoms with E-state index < -0.39 is 0 Å². The molecule has 0 spiro atoms. The van der Waals surface area contributed by atoms with Crippen LogP contribution >= 0.6 is 0 Å². The number of carbonyl (C=O) groups excluding carboxylic acids is 1. The molecule has 0 aliphatic carbocycles. The highest BCUT2D eigenvalue weighted by atomic mass is 16.5. The Kier molecular flexibility index (Phi) is 7.22. The lowest BCUT2D eigenvalue weighted by molar-refractivity contribution is -0.130. The lowest BCUT2D eigenvalue weighted by atomic mass is 10.0. The molecule has 6 nitrogen and oxygen atoms in total. The van der Waals surface area contributed by atoms with Crippen LogP contribution in [0.2, 0.25) is 0 Å². The molecule has 0 unspecified atom stereocenters. The zero-order valence-electron chi connectivity index (χ0n) is 20.5. The van der Waals surface area contributed by atoms with Gasteiger partial charge in [-0.15, -0.1) is 0 Å². The zero-order chi connectivity index (χ0) is 24.7. The van der Waals surface area contributed by atoms with Crippen molar-refractivity contribution in [1.82, 2.24) is 14.9 Å². The molecule has 1 amide bonds. The van der Waals surface area contributed by atoms with Gasteiger partial charge in [-0.2, -0.15) is 0 Å². The van der Waals surface area contributed by atoms with Gasteiger partial charge in [0, 0.05) is 37.8 Å². The summed E-state index contributed by atoms with van der Waals surface area (Å²) in [6.07, 6.45) is 2.03. The molecule has 182 valence electrons. The van der Waals surface area contributed by atoms with E-state index in [-0.39, 0.29) is 5.91 Å². The molecule has 0 bridgehead atoms. The molecule has 0 atom stereocenters. The molecule has 3 aromatic carbocycles. The maximum atomic E-state index is 13.0. The molecular weight excluding hydrogens is 448 g/mol. The lowest BCUT2D eigenvalue weighted by Crippen LogP contribution is -2.49. The third-order valence-corrected chi connectivity index (χ3v) is 6.49. The van der Waals surface area contributed by atoms with Gasteiger partial charge in [-0.25, -0.2) is 9.97 Å². The molecule has 1 aliphatic rings. The van der Waals surface area contributed by atoms with E-state index in [2.05, 4.69) is 51.3 Å². The highest BCUT2D eigenvalue weighted by Crippen LogP contribution is 2.24. The molecule has 6 heteroatoms. The van der Waals surface area contributed by atoms with Gasteiger partial charge in [0.05, 0.1) is 18.7 Å². The van der Waals surface area contributed by atoms with E-state index in [4.69, 9.17) is 4.74 Å². The summed E-state index contributed by atoms with van der Waals surface area (Å²) < 4.78 is 5.53. The molecule has 1 fully saturated rings. The second-order valence-corrected chi connectivity index (χ2v) is 8.83. The second-order valence-electron chi connectivity index (χ2n) is 8.83. The van der Waals surface area contributed by atoms with E-state index in [0.29, 0.717) is 26.1 Å². The topological polar surface area (TPSA) is 58.6 Å². The van der Waals surface area contributed by atoms with Crippen molar-refractivity contribution in [3.63, 3.8) is 0 Å². The van der Waals surface area contributed by atoms with E-state index in [1.165, 1.54) is 5.56 Å². The normalized spacial score (nSPS) is 13.5. The number of nitrogens with zero attached hydrogens (tertiary/aromatic N) is 4. The van der Waals surface area contributed by atoms with Crippen LogP contribution in [-0.4, -0.2) is 53.6 Å². The Bertz CT molecular complexity index is 1280. The summed E-state index contributed by atoms with van der Waals surface area (Å²) in [7, 11) is 0. The van der Waals surface area contributed by atoms with Gasteiger partial charge in [0.15, 0.2) is 0 Å². The number of anilines is 1. The summed E-state index contributed by atoms with van der Waals surface area (Å²) in [6, 6.07) is 28.5. The molecule has 1 saturated heterocycles. The average molecular weight is 479 g/mol. The van der Waals surface area contributed by atoms with Gasteiger partial charge < -0.3 is 14.5 Å². The van der Waals surface area contributed by atoms with Crippen molar-refractivity contribution in [3.05, 3.63) is 96.8 Å². The molecule has 36 heavy (non-hydrogen) atoms. The zero-order valence-corrected chi connectivity index (χ0v) is 20.5. The quantitative estimate of drug-likeness (QED) is 0.370. The molecule has 0 radical (unpaired) electrons. The summed E-state index contributed by atoms with van der Waals surface area (Å²) in [6.45, 7) is 5.48. The van der Waals surface area contributed by atoms with Crippen LogP contribution in [0.4, 0.5) is 5.82 Å². The van der Waals surface area contributed by atoms with Gasteiger partial charge in [0.2, 0.25) is 5.91 Å². The maximum Gasteiger partial charge on any atom is 0.227 e. The van der Waals surface area contributed by atoms with Gasteiger partial charge >= 0.3 is 0 Å². The van der Waals surface area contributed by atoms with Crippen LogP contribution in [-0.2, 0) is 11.2 Å². The maximum absolute atomic E-state index is 13.0. The third-order valence-electron chi connectivity index (χ3n) is 6.49. The molecular formula is C30H30N4O2. The Morgan fingerprint density at radius 2 is 1.47 bits per heavy atom. The SMILES string of the molecule is CCOc1ccc(-c2cc(N3CCN(C(=O)Cc4ccc(-c5ccccc5)cc4)CC3)ncn2)cc1. The number of rotatable bonds is 7. The Morgan fingerprint density at radius 3 is 2.17 bits per heavy atom. The molecule has 1 aromatic heterocycles. The summed E-state index contributed by atoms with van der Waals surface area (Å²) in [5, 5.41) is 0. The minimum Gasteiger partial charge on any atom is -0.494 e. The highest BCUT2D eigenvalue weighted by Gasteiger charge is 2.22. The van der Waals surface area contributed by atoms with E-state index in [9.17, 15) is 4.79 Å². The van der Waals surface area contributed by atoms with Gasteiger partial charge in [0.1, 0.15) is 17.9 Å². The summed E-state index contributed by atoms with van der Waals surface area (Å²) in [5.74, 6) is 1.90. The van der Waals surface area contributed by atoms with E-state index in [0.717, 1.165) is 47.0 Å². The lowest BCUT2D eigenvalue weighted by Gasteiger charge is -2.35. The molecule has 5 rings (SSSR count). The van der Waals surface area contributed by atoms with Crippen molar-refractivity contribution in [3.8, 4) is 28.1 Å². The molecule has 4 aromatic rings. The largest absolute Gasteiger partial charge is 0.494 e. The van der Waals surface area contributed by atoms with Crippen LogP contribution in [0.3, 0.4) is 0 Å². The number of aromatic nitrogens is 2. The van der Waals surface area contributed by atoms with Crippen LogP contribution in [0.15, 0.2) is 91.3 Å². The predicted molar refractivity (Wildman–Crippen MR) is 143 cm³/mol. The van der Waals surface area contributed by atoms with Gasteiger partial charge in [-0.1, -0.05) is 54.6 Å². The Labute approximate surface area is 212 Å². The van der Waals surface area contributed by atoms with Gasteiger partial charge in [0.25, 0.3) is 0 Å². The highest BCUT2D eigenvalue weighted by molar-refractivity contribution is 5.79. The predicted octanol–water partition coefficient (Wildman–Crippen LogP) is 5.10. The number of hydrogen-bond donors (Lipinski definition) is 0. The first-order chi connectivity index (χ1) is 17.7. The smallest absolute Gasteiger partial charge is 0.227 e. The minimum absolute atomic E-state index is 0.167. The Morgan fingerprint density at radius 1 is 0.806 bits per heavy atom. The molecule has 0 saturated carbocycles. The van der Waals surface area contributed by atoms with Crippen LogP contribution in [0.5, 0.6) is 5.75 Å². The average Bonchev–Trinajstić information content (AvgIpc) is 2.95.